The molecular formula is C10H16N2. The largest absolute Gasteiger partial charge is 0.363 e. The van der Waals surface area contributed by atoms with Crippen molar-refractivity contribution in [3.63, 3.8) is 0 Å². The fraction of sp³-hybridized carbons (Fsp3) is 0.300. The van der Waals surface area contributed by atoms with Gasteiger partial charge in [-0.25, -0.2) is 4.98 Å². The lowest BCUT2D eigenvalue weighted by Crippen LogP contribution is -2.09. The second-order valence-electron chi connectivity index (χ2n) is 2.59. The standard InChI is InChI=1S/C8H12N2.C2H4/c1-7-4-5-8(9-6-7)10(2)3;1-2/h4-6H,1-3H3;1-2H2. The van der Waals surface area contributed by atoms with Crippen molar-refractivity contribution in [2.24, 2.45) is 0 Å². The number of aryl methyl sites for hydroxylation is 1. The van der Waals surface area contributed by atoms with Gasteiger partial charge in [-0.3, -0.25) is 0 Å². The van der Waals surface area contributed by atoms with Crippen LogP contribution in [0.2, 0.25) is 0 Å². The molecule has 0 saturated heterocycles. The van der Waals surface area contributed by atoms with Gasteiger partial charge in [0.1, 0.15) is 5.82 Å². The minimum atomic E-state index is 1.01. The van der Waals surface area contributed by atoms with Crippen LogP contribution in [-0.4, -0.2) is 19.1 Å². The molecule has 0 radical (unpaired) electrons. The van der Waals surface area contributed by atoms with Crippen molar-refractivity contribution in [1.29, 1.82) is 0 Å². The number of pyridine rings is 1. The Morgan fingerprint density at radius 1 is 1.25 bits per heavy atom. The zero-order valence-electron chi connectivity index (χ0n) is 8.04. The molecular weight excluding hydrogens is 148 g/mol. The molecule has 0 saturated carbocycles. The molecule has 0 unspecified atom stereocenters. The Balaban J connectivity index is 0.000000561. The summed E-state index contributed by atoms with van der Waals surface area (Å²) in [4.78, 5) is 6.19. The highest BCUT2D eigenvalue weighted by molar-refractivity contribution is 5.36. The zero-order valence-corrected chi connectivity index (χ0v) is 8.04. The second-order valence-corrected chi connectivity index (χ2v) is 2.59. The molecule has 0 aliphatic heterocycles. The fourth-order valence-electron chi connectivity index (χ4n) is 0.725. The van der Waals surface area contributed by atoms with Crippen LogP contribution in [0.25, 0.3) is 0 Å². The molecule has 0 bridgehead atoms. The Morgan fingerprint density at radius 2 is 1.83 bits per heavy atom. The van der Waals surface area contributed by atoms with E-state index in [1.807, 2.05) is 38.2 Å². The average molecular weight is 164 g/mol. The lowest BCUT2D eigenvalue weighted by Gasteiger charge is -2.09. The van der Waals surface area contributed by atoms with Crippen LogP contribution >= 0.6 is 0 Å². The van der Waals surface area contributed by atoms with Gasteiger partial charge in [0.15, 0.2) is 0 Å². The van der Waals surface area contributed by atoms with E-state index >= 15 is 0 Å². The summed E-state index contributed by atoms with van der Waals surface area (Å²) in [5.41, 5.74) is 1.20. The normalized spacial score (nSPS) is 8.25. The molecule has 12 heavy (non-hydrogen) atoms. The summed E-state index contributed by atoms with van der Waals surface area (Å²) in [6.45, 7) is 8.03. The van der Waals surface area contributed by atoms with Crippen LogP contribution in [0.1, 0.15) is 5.56 Å². The number of rotatable bonds is 1. The van der Waals surface area contributed by atoms with Gasteiger partial charge in [0.25, 0.3) is 0 Å². The highest BCUT2D eigenvalue weighted by atomic mass is 15.1. The predicted molar refractivity (Wildman–Crippen MR) is 54.6 cm³/mol. The third kappa shape index (κ3) is 3.19. The lowest BCUT2D eigenvalue weighted by atomic mass is 10.3. The van der Waals surface area contributed by atoms with E-state index in [0.717, 1.165) is 5.82 Å². The molecule has 0 fully saturated rings. The summed E-state index contributed by atoms with van der Waals surface area (Å²) in [5, 5.41) is 0. The predicted octanol–water partition coefficient (Wildman–Crippen LogP) is 2.26. The monoisotopic (exact) mass is 164 g/mol. The first-order chi connectivity index (χ1) is 5.70. The lowest BCUT2D eigenvalue weighted by molar-refractivity contribution is 1.06. The van der Waals surface area contributed by atoms with Crippen molar-refractivity contribution in [3.8, 4) is 0 Å². The molecule has 1 rings (SSSR count). The van der Waals surface area contributed by atoms with Crippen molar-refractivity contribution in [1.82, 2.24) is 4.98 Å². The molecule has 1 aromatic heterocycles. The molecule has 0 atom stereocenters. The number of anilines is 1. The molecule has 0 N–H and O–H groups in total. The van der Waals surface area contributed by atoms with Crippen LogP contribution in [0.4, 0.5) is 5.82 Å². The molecule has 0 aromatic carbocycles. The molecule has 2 nitrogen and oxygen atoms in total. The molecule has 1 heterocycles. The summed E-state index contributed by atoms with van der Waals surface area (Å²) in [6, 6.07) is 4.07. The highest BCUT2D eigenvalue weighted by Gasteiger charge is 1.92. The number of aromatic nitrogens is 1. The molecule has 1 aromatic rings. The maximum absolute atomic E-state index is 4.20. The Labute approximate surface area is 74.6 Å². The van der Waals surface area contributed by atoms with Crippen molar-refractivity contribution < 1.29 is 0 Å². The van der Waals surface area contributed by atoms with Crippen molar-refractivity contribution in [2.75, 3.05) is 19.0 Å². The highest BCUT2D eigenvalue weighted by Crippen LogP contribution is 2.05. The van der Waals surface area contributed by atoms with E-state index in [-0.39, 0.29) is 0 Å². The molecule has 66 valence electrons. The van der Waals surface area contributed by atoms with Gasteiger partial charge in [-0.05, 0) is 18.6 Å². The van der Waals surface area contributed by atoms with Crippen LogP contribution in [-0.2, 0) is 0 Å². The summed E-state index contributed by atoms with van der Waals surface area (Å²) < 4.78 is 0. The molecule has 0 amide bonds. The fourth-order valence-corrected chi connectivity index (χ4v) is 0.725. The summed E-state index contributed by atoms with van der Waals surface area (Å²) in [7, 11) is 3.97. The Hall–Kier alpha value is -1.31. The smallest absolute Gasteiger partial charge is 0.127 e. The van der Waals surface area contributed by atoms with Gasteiger partial charge < -0.3 is 4.90 Å². The zero-order chi connectivity index (χ0) is 9.56. The topological polar surface area (TPSA) is 16.1 Å². The molecule has 2 heteroatoms. The first-order valence-corrected chi connectivity index (χ1v) is 3.80. The van der Waals surface area contributed by atoms with Crippen LogP contribution < -0.4 is 4.90 Å². The van der Waals surface area contributed by atoms with Crippen LogP contribution in [0, 0.1) is 6.92 Å². The number of hydrogen-bond donors (Lipinski definition) is 0. The Bertz CT molecular complexity index is 214. The number of hydrogen-bond acceptors (Lipinski definition) is 2. The van der Waals surface area contributed by atoms with Crippen molar-refractivity contribution in [2.45, 2.75) is 6.92 Å². The van der Waals surface area contributed by atoms with Gasteiger partial charge in [-0.2, -0.15) is 0 Å². The Morgan fingerprint density at radius 3 is 2.17 bits per heavy atom. The van der Waals surface area contributed by atoms with Gasteiger partial charge in [0.05, 0.1) is 0 Å². The van der Waals surface area contributed by atoms with E-state index in [1.54, 1.807) is 0 Å². The van der Waals surface area contributed by atoms with E-state index in [1.165, 1.54) is 5.56 Å². The van der Waals surface area contributed by atoms with Gasteiger partial charge in [0.2, 0.25) is 0 Å². The summed E-state index contributed by atoms with van der Waals surface area (Å²) in [6.07, 6.45) is 1.87. The maximum atomic E-state index is 4.20. The number of nitrogens with zero attached hydrogens (tertiary/aromatic N) is 2. The quantitative estimate of drug-likeness (QED) is 0.592. The first-order valence-electron chi connectivity index (χ1n) is 3.80. The van der Waals surface area contributed by atoms with Crippen LogP contribution in [0.5, 0.6) is 0 Å². The Kier molecular flexibility index (Phi) is 4.77. The second kappa shape index (κ2) is 5.35. The third-order valence-corrected chi connectivity index (χ3v) is 1.35. The average Bonchev–Trinajstić information content (AvgIpc) is 2.09. The van der Waals surface area contributed by atoms with Crippen molar-refractivity contribution in [3.05, 3.63) is 37.1 Å². The summed E-state index contributed by atoms with van der Waals surface area (Å²) >= 11 is 0. The van der Waals surface area contributed by atoms with E-state index in [4.69, 9.17) is 0 Å². The van der Waals surface area contributed by atoms with E-state index < -0.39 is 0 Å². The minimum absolute atomic E-state index is 1.01. The van der Waals surface area contributed by atoms with Gasteiger partial charge in [-0.1, -0.05) is 6.07 Å². The molecule has 0 aliphatic rings. The van der Waals surface area contributed by atoms with Gasteiger partial charge in [0, 0.05) is 20.3 Å². The van der Waals surface area contributed by atoms with Crippen molar-refractivity contribution >= 4 is 5.82 Å². The summed E-state index contributed by atoms with van der Waals surface area (Å²) in [5.74, 6) is 1.01. The third-order valence-electron chi connectivity index (χ3n) is 1.35. The van der Waals surface area contributed by atoms with Gasteiger partial charge >= 0.3 is 0 Å². The molecule has 0 aliphatic carbocycles. The minimum Gasteiger partial charge on any atom is -0.363 e. The van der Waals surface area contributed by atoms with Gasteiger partial charge in [-0.15, -0.1) is 13.2 Å². The van der Waals surface area contributed by atoms with E-state index in [9.17, 15) is 0 Å². The van der Waals surface area contributed by atoms with Crippen LogP contribution in [0.3, 0.4) is 0 Å². The van der Waals surface area contributed by atoms with Crippen LogP contribution in [0.15, 0.2) is 31.5 Å². The molecule has 0 spiro atoms. The maximum Gasteiger partial charge on any atom is 0.127 e. The first kappa shape index (κ1) is 10.7. The SMILES string of the molecule is C=C.Cc1ccc(N(C)C)nc1. The van der Waals surface area contributed by atoms with E-state index in [0.29, 0.717) is 0 Å². The van der Waals surface area contributed by atoms with E-state index in [2.05, 4.69) is 24.2 Å².